The van der Waals surface area contributed by atoms with E-state index in [4.69, 9.17) is 11.6 Å². The Morgan fingerprint density at radius 1 is 1.35 bits per heavy atom. The molecule has 3 unspecified atom stereocenters. The highest BCUT2D eigenvalue weighted by atomic mass is 35.5. The second kappa shape index (κ2) is 6.46. The average molecular weight is 316 g/mol. The normalized spacial score (nSPS) is 27.4. The smallest absolute Gasteiger partial charge is 0.182 e. The van der Waals surface area contributed by atoms with E-state index in [1.54, 1.807) is 24.3 Å². The van der Waals surface area contributed by atoms with Gasteiger partial charge in [-0.1, -0.05) is 31.0 Å². The van der Waals surface area contributed by atoms with E-state index >= 15 is 0 Å². The highest BCUT2D eigenvalue weighted by Crippen LogP contribution is 2.34. The highest BCUT2D eigenvalue weighted by molar-refractivity contribution is 7.92. The van der Waals surface area contributed by atoms with Crippen molar-refractivity contribution in [3.8, 4) is 0 Å². The summed E-state index contributed by atoms with van der Waals surface area (Å²) in [5.41, 5.74) is 0. The molecule has 0 amide bonds. The van der Waals surface area contributed by atoms with E-state index in [2.05, 4.69) is 12.2 Å². The fourth-order valence-corrected chi connectivity index (χ4v) is 5.47. The van der Waals surface area contributed by atoms with Gasteiger partial charge in [0.1, 0.15) is 0 Å². The number of sulfone groups is 1. The minimum atomic E-state index is -3.34. The number of hydrogen-bond donors (Lipinski definition) is 1. The quantitative estimate of drug-likeness (QED) is 0.927. The SMILES string of the molecule is CCC1CCC(NC)C(S(=O)(=O)c2cccc(Cl)c2)C1. The van der Waals surface area contributed by atoms with Crippen molar-refractivity contribution < 1.29 is 8.42 Å². The summed E-state index contributed by atoms with van der Waals surface area (Å²) in [5.74, 6) is 0.499. The van der Waals surface area contributed by atoms with Crippen LogP contribution in [0.4, 0.5) is 0 Å². The molecule has 1 N–H and O–H groups in total. The monoisotopic (exact) mass is 315 g/mol. The maximum Gasteiger partial charge on any atom is 0.182 e. The predicted molar refractivity (Wildman–Crippen MR) is 82.9 cm³/mol. The van der Waals surface area contributed by atoms with Crippen LogP contribution in [0.5, 0.6) is 0 Å². The van der Waals surface area contributed by atoms with Crippen LogP contribution in [0.15, 0.2) is 29.2 Å². The summed E-state index contributed by atoms with van der Waals surface area (Å²) in [4.78, 5) is 0.340. The molecule has 5 heteroatoms. The van der Waals surface area contributed by atoms with Crippen molar-refractivity contribution >= 4 is 21.4 Å². The Balaban J connectivity index is 2.34. The lowest BCUT2D eigenvalue weighted by Crippen LogP contribution is -2.46. The Morgan fingerprint density at radius 3 is 2.70 bits per heavy atom. The van der Waals surface area contributed by atoms with Crippen LogP contribution < -0.4 is 5.32 Å². The molecular formula is C15H22ClNO2S. The van der Waals surface area contributed by atoms with Gasteiger partial charge in [-0.3, -0.25) is 0 Å². The van der Waals surface area contributed by atoms with Gasteiger partial charge in [0.15, 0.2) is 9.84 Å². The maximum absolute atomic E-state index is 12.9. The molecule has 3 nitrogen and oxygen atoms in total. The lowest BCUT2D eigenvalue weighted by molar-refractivity contribution is 0.296. The zero-order chi connectivity index (χ0) is 14.8. The van der Waals surface area contributed by atoms with Crippen LogP contribution in [-0.2, 0) is 9.84 Å². The van der Waals surface area contributed by atoms with Gasteiger partial charge in [0.25, 0.3) is 0 Å². The molecule has 1 saturated carbocycles. The molecule has 0 heterocycles. The van der Waals surface area contributed by atoms with E-state index in [1.807, 2.05) is 7.05 Å². The summed E-state index contributed by atoms with van der Waals surface area (Å²) in [6, 6.07) is 6.62. The van der Waals surface area contributed by atoms with Gasteiger partial charge in [-0.25, -0.2) is 8.42 Å². The second-order valence-corrected chi connectivity index (χ2v) is 8.13. The van der Waals surface area contributed by atoms with Crippen LogP contribution in [0, 0.1) is 5.92 Å². The Bertz CT molecular complexity index is 559. The van der Waals surface area contributed by atoms with Gasteiger partial charge in [-0.05, 0) is 50.4 Å². The van der Waals surface area contributed by atoms with E-state index in [0.29, 0.717) is 15.8 Å². The van der Waals surface area contributed by atoms with Gasteiger partial charge in [-0.2, -0.15) is 0 Å². The van der Waals surface area contributed by atoms with E-state index in [1.165, 1.54) is 0 Å². The summed E-state index contributed by atoms with van der Waals surface area (Å²) in [6.45, 7) is 2.13. The Labute approximate surface area is 126 Å². The second-order valence-electron chi connectivity index (χ2n) is 5.52. The molecule has 112 valence electrons. The van der Waals surface area contributed by atoms with Crippen LogP contribution in [-0.4, -0.2) is 26.8 Å². The van der Waals surface area contributed by atoms with E-state index in [-0.39, 0.29) is 11.3 Å². The number of nitrogens with one attached hydrogen (secondary N) is 1. The van der Waals surface area contributed by atoms with E-state index in [9.17, 15) is 8.42 Å². The molecule has 0 aliphatic heterocycles. The minimum Gasteiger partial charge on any atom is -0.316 e. The van der Waals surface area contributed by atoms with Gasteiger partial charge in [-0.15, -0.1) is 0 Å². The highest BCUT2D eigenvalue weighted by Gasteiger charge is 2.38. The van der Waals surface area contributed by atoms with Crippen molar-refractivity contribution in [2.24, 2.45) is 5.92 Å². The first-order chi connectivity index (χ1) is 9.48. The van der Waals surface area contributed by atoms with Crippen molar-refractivity contribution in [2.45, 2.75) is 48.8 Å². The van der Waals surface area contributed by atoms with Gasteiger partial charge in [0, 0.05) is 11.1 Å². The molecule has 0 saturated heterocycles. The predicted octanol–water partition coefficient (Wildman–Crippen LogP) is 3.28. The first-order valence-electron chi connectivity index (χ1n) is 7.15. The summed E-state index contributed by atoms with van der Waals surface area (Å²) >= 11 is 5.94. The summed E-state index contributed by atoms with van der Waals surface area (Å²) in [5, 5.41) is 3.29. The largest absolute Gasteiger partial charge is 0.316 e. The van der Waals surface area contributed by atoms with Crippen LogP contribution in [0.2, 0.25) is 5.02 Å². The molecule has 1 aliphatic rings. The lowest BCUT2D eigenvalue weighted by atomic mass is 9.84. The first kappa shape index (κ1) is 15.8. The fraction of sp³-hybridized carbons (Fsp3) is 0.600. The standard InChI is InChI=1S/C15H22ClNO2S/c1-3-11-7-8-14(17-2)15(9-11)20(18,19)13-6-4-5-12(16)10-13/h4-6,10-11,14-15,17H,3,7-9H2,1-2H3. The molecular weight excluding hydrogens is 294 g/mol. The van der Waals surface area contributed by atoms with Gasteiger partial charge >= 0.3 is 0 Å². The third kappa shape index (κ3) is 3.18. The van der Waals surface area contributed by atoms with Crippen molar-refractivity contribution in [2.75, 3.05) is 7.05 Å². The van der Waals surface area contributed by atoms with Gasteiger partial charge in [0.2, 0.25) is 0 Å². The molecule has 1 fully saturated rings. The van der Waals surface area contributed by atoms with Crippen molar-refractivity contribution in [3.05, 3.63) is 29.3 Å². The zero-order valence-corrected chi connectivity index (χ0v) is 13.5. The molecule has 3 atom stereocenters. The third-order valence-electron chi connectivity index (χ3n) is 4.37. The molecule has 20 heavy (non-hydrogen) atoms. The minimum absolute atomic E-state index is 0.0294. The number of hydrogen-bond acceptors (Lipinski definition) is 3. The van der Waals surface area contributed by atoms with Gasteiger partial charge in [0.05, 0.1) is 10.1 Å². The van der Waals surface area contributed by atoms with Gasteiger partial charge < -0.3 is 5.32 Å². The molecule has 2 rings (SSSR count). The molecule has 0 aromatic heterocycles. The zero-order valence-electron chi connectivity index (χ0n) is 12.0. The Kier molecular flexibility index (Phi) is 5.10. The Hall–Kier alpha value is -0.580. The average Bonchev–Trinajstić information content (AvgIpc) is 2.46. The molecule has 1 aromatic rings. The topological polar surface area (TPSA) is 46.2 Å². The number of rotatable bonds is 4. The van der Waals surface area contributed by atoms with Crippen molar-refractivity contribution in [1.29, 1.82) is 0 Å². The number of halogens is 1. The summed E-state index contributed by atoms with van der Waals surface area (Å²) in [6.07, 6.45) is 3.79. The summed E-state index contributed by atoms with van der Waals surface area (Å²) < 4.78 is 25.7. The fourth-order valence-electron chi connectivity index (χ4n) is 3.07. The summed E-state index contributed by atoms with van der Waals surface area (Å²) in [7, 11) is -1.49. The van der Waals surface area contributed by atoms with Crippen molar-refractivity contribution in [1.82, 2.24) is 5.32 Å². The van der Waals surface area contributed by atoms with Crippen LogP contribution in [0.25, 0.3) is 0 Å². The maximum atomic E-state index is 12.9. The van der Waals surface area contributed by atoms with Crippen molar-refractivity contribution in [3.63, 3.8) is 0 Å². The molecule has 0 bridgehead atoms. The Morgan fingerprint density at radius 2 is 2.10 bits per heavy atom. The van der Waals surface area contributed by atoms with Crippen LogP contribution in [0.1, 0.15) is 32.6 Å². The lowest BCUT2D eigenvalue weighted by Gasteiger charge is -2.35. The molecule has 0 radical (unpaired) electrons. The van der Waals surface area contributed by atoms with Crippen LogP contribution >= 0.6 is 11.6 Å². The third-order valence-corrected chi connectivity index (χ3v) is 6.84. The first-order valence-corrected chi connectivity index (χ1v) is 9.08. The van der Waals surface area contributed by atoms with E-state index < -0.39 is 9.84 Å². The van der Waals surface area contributed by atoms with Crippen LogP contribution in [0.3, 0.4) is 0 Å². The molecule has 0 spiro atoms. The molecule has 1 aliphatic carbocycles. The molecule has 1 aromatic carbocycles. The number of benzene rings is 1. The van der Waals surface area contributed by atoms with E-state index in [0.717, 1.165) is 25.7 Å².